The van der Waals surface area contributed by atoms with Gasteiger partial charge in [-0.15, -0.1) is 0 Å². The van der Waals surface area contributed by atoms with Crippen LogP contribution >= 0.6 is 0 Å². The van der Waals surface area contributed by atoms with Crippen LogP contribution in [0, 0.1) is 5.82 Å². The predicted octanol–water partition coefficient (Wildman–Crippen LogP) is 2.16. The van der Waals surface area contributed by atoms with Gasteiger partial charge in [-0.3, -0.25) is 4.79 Å². The third-order valence-corrected chi connectivity index (χ3v) is 2.73. The molecule has 0 radical (unpaired) electrons. The van der Waals surface area contributed by atoms with E-state index in [1.165, 1.54) is 25.3 Å². The third kappa shape index (κ3) is 3.06. The second-order valence-corrected chi connectivity index (χ2v) is 4.63. The van der Waals surface area contributed by atoms with Gasteiger partial charge in [0.2, 0.25) is 5.78 Å². The number of carbonyl (C=O) groups is 2. The molecule has 0 saturated heterocycles. The topological polar surface area (TPSA) is 63.6 Å². The molecule has 0 amide bonds. The maximum absolute atomic E-state index is 13.3. The number of hydrogen-bond acceptors (Lipinski definition) is 3. The number of halogens is 1. The fourth-order valence-corrected chi connectivity index (χ4v) is 1.78. The molecular weight excluding hydrogens is 239 g/mol. The van der Waals surface area contributed by atoms with Gasteiger partial charge in [-0.1, -0.05) is 13.8 Å². The van der Waals surface area contributed by atoms with Crippen LogP contribution in [0.15, 0.2) is 18.2 Å². The van der Waals surface area contributed by atoms with Gasteiger partial charge < -0.3 is 9.84 Å². The highest BCUT2D eigenvalue weighted by Crippen LogP contribution is 2.34. The first kappa shape index (κ1) is 14.2. The number of methoxy groups -OCH3 is 1. The number of carboxylic acid groups (broad SMARTS) is 1. The number of carboxylic acids is 1. The molecule has 1 rings (SSSR count). The van der Waals surface area contributed by atoms with E-state index < -0.39 is 23.0 Å². The summed E-state index contributed by atoms with van der Waals surface area (Å²) in [6, 6.07) is 3.96. The van der Waals surface area contributed by atoms with E-state index in [9.17, 15) is 14.0 Å². The van der Waals surface area contributed by atoms with E-state index in [1.807, 2.05) is 0 Å². The predicted molar refractivity (Wildman–Crippen MR) is 63.2 cm³/mol. The first-order chi connectivity index (χ1) is 8.27. The molecule has 1 N–H and O–H groups in total. The number of aliphatic carboxylic acids is 1. The standard InChI is InChI=1S/C13H15FO4/c1-13(2,7-10(15)12(16)17)9-6-8(14)4-5-11(9)18-3/h4-6H,7H2,1-3H3,(H,16,17). The van der Waals surface area contributed by atoms with Crippen LogP contribution in [0.5, 0.6) is 5.75 Å². The molecule has 0 bridgehead atoms. The first-order valence-corrected chi connectivity index (χ1v) is 5.38. The van der Waals surface area contributed by atoms with Gasteiger partial charge >= 0.3 is 5.97 Å². The van der Waals surface area contributed by atoms with E-state index >= 15 is 0 Å². The van der Waals surface area contributed by atoms with Gasteiger partial charge in [-0.2, -0.15) is 0 Å². The quantitative estimate of drug-likeness (QED) is 0.818. The van der Waals surface area contributed by atoms with Crippen LogP contribution in [0.4, 0.5) is 4.39 Å². The molecule has 0 atom stereocenters. The summed E-state index contributed by atoms with van der Waals surface area (Å²) in [7, 11) is 1.44. The number of ketones is 1. The summed E-state index contributed by atoms with van der Waals surface area (Å²) in [5.74, 6) is -2.43. The maximum Gasteiger partial charge on any atom is 0.372 e. The lowest BCUT2D eigenvalue weighted by molar-refractivity contribution is -0.149. The monoisotopic (exact) mass is 254 g/mol. The Kier molecular flexibility index (Phi) is 4.06. The molecule has 1 aromatic rings. The molecule has 0 saturated carbocycles. The summed E-state index contributed by atoms with van der Waals surface area (Å²) in [4.78, 5) is 21.9. The summed E-state index contributed by atoms with van der Waals surface area (Å²) < 4.78 is 18.4. The van der Waals surface area contributed by atoms with E-state index in [0.717, 1.165) is 0 Å². The highest BCUT2D eigenvalue weighted by molar-refractivity contribution is 6.32. The Hall–Kier alpha value is -1.91. The second-order valence-electron chi connectivity index (χ2n) is 4.63. The number of Topliss-reactive ketones (excluding diaryl/α,β-unsaturated/α-hetero) is 1. The largest absolute Gasteiger partial charge is 0.496 e. The van der Waals surface area contributed by atoms with E-state index in [1.54, 1.807) is 13.8 Å². The molecule has 0 aliphatic heterocycles. The zero-order valence-corrected chi connectivity index (χ0v) is 10.5. The van der Waals surface area contributed by atoms with Crippen molar-refractivity contribution in [2.45, 2.75) is 25.7 Å². The van der Waals surface area contributed by atoms with E-state index in [-0.39, 0.29) is 6.42 Å². The van der Waals surface area contributed by atoms with Crippen LogP contribution in [-0.4, -0.2) is 24.0 Å². The lowest BCUT2D eigenvalue weighted by Crippen LogP contribution is -2.26. The number of ether oxygens (including phenoxy) is 1. The molecule has 4 nitrogen and oxygen atoms in total. The highest BCUT2D eigenvalue weighted by Gasteiger charge is 2.30. The van der Waals surface area contributed by atoms with Crippen LogP contribution in [0.25, 0.3) is 0 Å². The number of benzene rings is 1. The van der Waals surface area contributed by atoms with Crippen molar-refractivity contribution in [1.29, 1.82) is 0 Å². The van der Waals surface area contributed by atoms with Crippen LogP contribution in [0.2, 0.25) is 0 Å². The van der Waals surface area contributed by atoms with Crippen LogP contribution in [0.1, 0.15) is 25.8 Å². The van der Waals surface area contributed by atoms with Crippen molar-refractivity contribution >= 4 is 11.8 Å². The number of hydrogen-bond donors (Lipinski definition) is 1. The van der Waals surface area contributed by atoms with E-state index in [0.29, 0.717) is 11.3 Å². The summed E-state index contributed by atoms with van der Waals surface area (Å²) in [5.41, 5.74) is -0.345. The number of carbonyl (C=O) groups excluding carboxylic acids is 1. The maximum atomic E-state index is 13.3. The normalized spacial score (nSPS) is 11.1. The van der Waals surface area contributed by atoms with Gasteiger partial charge in [-0.05, 0) is 18.2 Å². The van der Waals surface area contributed by atoms with Crippen molar-refractivity contribution in [1.82, 2.24) is 0 Å². The Bertz CT molecular complexity index is 480. The summed E-state index contributed by atoms with van der Waals surface area (Å²) in [6.07, 6.45) is -0.220. The van der Waals surface area contributed by atoms with Crippen molar-refractivity contribution in [3.8, 4) is 5.75 Å². The SMILES string of the molecule is COc1ccc(F)cc1C(C)(C)CC(=O)C(=O)O. The van der Waals surface area contributed by atoms with E-state index in [4.69, 9.17) is 9.84 Å². The minimum Gasteiger partial charge on any atom is -0.496 e. The Labute approximate surface area is 104 Å². The molecular formula is C13H15FO4. The lowest BCUT2D eigenvalue weighted by atomic mass is 9.79. The molecule has 0 fully saturated rings. The van der Waals surface area contributed by atoms with Crippen molar-refractivity contribution in [3.63, 3.8) is 0 Å². The Morgan fingerprint density at radius 2 is 2.00 bits per heavy atom. The fraction of sp³-hybridized carbons (Fsp3) is 0.385. The summed E-state index contributed by atoms with van der Waals surface area (Å²) in [5, 5.41) is 8.62. The summed E-state index contributed by atoms with van der Waals surface area (Å²) >= 11 is 0. The highest BCUT2D eigenvalue weighted by atomic mass is 19.1. The van der Waals surface area contributed by atoms with Crippen molar-refractivity contribution in [3.05, 3.63) is 29.6 Å². The fourth-order valence-electron chi connectivity index (χ4n) is 1.78. The lowest BCUT2D eigenvalue weighted by Gasteiger charge is -2.25. The van der Waals surface area contributed by atoms with E-state index in [2.05, 4.69) is 0 Å². The smallest absolute Gasteiger partial charge is 0.372 e. The molecule has 1 aromatic carbocycles. The average molecular weight is 254 g/mol. The minimum absolute atomic E-state index is 0.220. The van der Waals surface area contributed by atoms with Gasteiger partial charge in [0.1, 0.15) is 11.6 Å². The van der Waals surface area contributed by atoms with Gasteiger partial charge in [0.15, 0.2) is 0 Å². The van der Waals surface area contributed by atoms with Gasteiger partial charge in [0, 0.05) is 17.4 Å². The molecule has 18 heavy (non-hydrogen) atoms. The minimum atomic E-state index is -1.49. The molecule has 0 aromatic heterocycles. The molecule has 0 spiro atoms. The van der Waals surface area contributed by atoms with Gasteiger partial charge in [0.05, 0.1) is 7.11 Å². The van der Waals surface area contributed by atoms with Crippen molar-refractivity contribution in [2.24, 2.45) is 0 Å². The van der Waals surface area contributed by atoms with Crippen molar-refractivity contribution < 1.29 is 23.8 Å². The Morgan fingerprint density at radius 1 is 1.39 bits per heavy atom. The second kappa shape index (κ2) is 5.16. The molecule has 5 heteroatoms. The van der Waals surface area contributed by atoms with Crippen LogP contribution < -0.4 is 4.74 Å². The molecule has 0 heterocycles. The average Bonchev–Trinajstić information content (AvgIpc) is 2.28. The van der Waals surface area contributed by atoms with Gasteiger partial charge in [-0.25, -0.2) is 9.18 Å². The Balaban J connectivity index is 3.14. The third-order valence-electron chi connectivity index (χ3n) is 2.73. The van der Waals surface area contributed by atoms with Gasteiger partial charge in [0.25, 0.3) is 0 Å². The zero-order chi connectivity index (χ0) is 13.9. The summed E-state index contributed by atoms with van der Waals surface area (Å²) in [6.45, 7) is 3.34. The molecule has 0 aliphatic rings. The molecule has 98 valence electrons. The first-order valence-electron chi connectivity index (χ1n) is 5.38. The molecule has 0 aliphatic carbocycles. The van der Waals surface area contributed by atoms with Crippen molar-refractivity contribution in [2.75, 3.05) is 7.11 Å². The van der Waals surface area contributed by atoms with Crippen LogP contribution in [0.3, 0.4) is 0 Å². The molecule has 0 unspecified atom stereocenters. The van der Waals surface area contributed by atoms with Crippen LogP contribution in [-0.2, 0) is 15.0 Å². The zero-order valence-electron chi connectivity index (χ0n) is 10.5. The number of rotatable bonds is 5. The Morgan fingerprint density at radius 3 is 2.50 bits per heavy atom.